The van der Waals surface area contributed by atoms with Gasteiger partial charge in [0.1, 0.15) is 0 Å². The van der Waals surface area contributed by atoms with Gasteiger partial charge in [0.2, 0.25) is 0 Å². The number of aryl methyl sites for hydroxylation is 1. The smallest absolute Gasteiger partial charge is 0.305 e. The molecule has 2 aliphatic rings. The van der Waals surface area contributed by atoms with Crippen LogP contribution in [0.1, 0.15) is 37.7 Å². The number of carboxylic acids is 1. The number of aliphatic carboxylic acids is 1. The number of nitrogens with zero attached hydrogens (tertiary/aromatic N) is 3. The van der Waals surface area contributed by atoms with Crippen LogP contribution in [0.5, 0.6) is 0 Å². The van der Waals surface area contributed by atoms with E-state index in [1.54, 1.807) is 4.68 Å². The zero-order valence-corrected chi connectivity index (χ0v) is 13.0. The summed E-state index contributed by atoms with van der Waals surface area (Å²) in [7, 11) is 0. The molecule has 2 saturated heterocycles. The molecule has 0 aromatic carbocycles. The third-order valence-corrected chi connectivity index (χ3v) is 4.94. The molecule has 6 nitrogen and oxygen atoms in total. The molecule has 0 amide bonds. The van der Waals surface area contributed by atoms with Gasteiger partial charge in [-0.05, 0) is 37.6 Å². The van der Waals surface area contributed by atoms with Crippen molar-refractivity contribution >= 4 is 5.97 Å². The molecule has 2 aliphatic heterocycles. The molecule has 0 unspecified atom stereocenters. The van der Waals surface area contributed by atoms with Gasteiger partial charge in [0.25, 0.3) is 0 Å². The van der Waals surface area contributed by atoms with Gasteiger partial charge in [-0.1, -0.05) is 0 Å². The maximum atomic E-state index is 10.6. The van der Waals surface area contributed by atoms with E-state index in [0.717, 1.165) is 32.8 Å². The minimum absolute atomic E-state index is 0.119. The van der Waals surface area contributed by atoms with E-state index in [1.807, 2.05) is 12.4 Å². The van der Waals surface area contributed by atoms with Gasteiger partial charge in [-0.3, -0.25) is 14.4 Å². The highest BCUT2D eigenvalue weighted by Crippen LogP contribution is 2.39. The number of carboxylic acid groups (broad SMARTS) is 1. The van der Waals surface area contributed by atoms with Crippen molar-refractivity contribution in [1.82, 2.24) is 14.7 Å². The average Bonchev–Trinajstić information content (AvgIpc) is 2.93. The predicted octanol–water partition coefficient (Wildman–Crippen LogP) is 1.75. The summed E-state index contributed by atoms with van der Waals surface area (Å²) in [4.78, 5) is 13.1. The second-order valence-electron chi connectivity index (χ2n) is 6.68. The summed E-state index contributed by atoms with van der Waals surface area (Å²) in [5.41, 5.74) is 1.63. The van der Waals surface area contributed by atoms with Crippen molar-refractivity contribution in [3.8, 4) is 0 Å². The molecule has 3 rings (SSSR count). The van der Waals surface area contributed by atoms with E-state index in [4.69, 9.17) is 9.84 Å². The lowest BCUT2D eigenvalue weighted by Crippen LogP contribution is -2.45. The Morgan fingerprint density at radius 3 is 2.95 bits per heavy atom. The van der Waals surface area contributed by atoms with Crippen molar-refractivity contribution in [2.45, 2.75) is 45.2 Å². The van der Waals surface area contributed by atoms with Crippen LogP contribution in [0.15, 0.2) is 12.4 Å². The van der Waals surface area contributed by atoms with Crippen LogP contribution in [0.4, 0.5) is 0 Å². The predicted molar refractivity (Wildman–Crippen MR) is 81.5 cm³/mol. The number of hydrogen-bond donors (Lipinski definition) is 1. The van der Waals surface area contributed by atoms with Crippen molar-refractivity contribution in [1.29, 1.82) is 0 Å². The van der Waals surface area contributed by atoms with Crippen LogP contribution in [-0.4, -0.2) is 52.1 Å². The first kappa shape index (κ1) is 15.5. The summed E-state index contributed by atoms with van der Waals surface area (Å²) in [6.45, 7) is 5.45. The number of aromatic nitrogens is 2. The minimum atomic E-state index is -0.783. The zero-order chi connectivity index (χ0) is 15.4. The van der Waals surface area contributed by atoms with Crippen LogP contribution in [0.3, 0.4) is 0 Å². The van der Waals surface area contributed by atoms with Crippen molar-refractivity contribution in [3.63, 3.8) is 0 Å². The van der Waals surface area contributed by atoms with Crippen LogP contribution < -0.4 is 0 Å². The van der Waals surface area contributed by atoms with E-state index < -0.39 is 5.97 Å². The zero-order valence-electron chi connectivity index (χ0n) is 13.0. The summed E-state index contributed by atoms with van der Waals surface area (Å²) in [5, 5.41) is 13.0. The van der Waals surface area contributed by atoms with E-state index in [-0.39, 0.29) is 6.42 Å². The SMILES string of the molecule is O=C(O)CCn1cc(CN2CCCC3(CCOCC3)C2)cn1. The molecule has 0 radical (unpaired) electrons. The quantitative estimate of drug-likeness (QED) is 0.897. The van der Waals surface area contributed by atoms with Gasteiger partial charge in [0, 0.05) is 38.1 Å². The maximum Gasteiger partial charge on any atom is 0.305 e. The molecule has 122 valence electrons. The Bertz CT molecular complexity index is 503. The first-order chi connectivity index (χ1) is 10.7. The second kappa shape index (κ2) is 6.79. The molecule has 0 bridgehead atoms. The number of ether oxygens (including phenoxy) is 1. The molecular formula is C16H25N3O3. The van der Waals surface area contributed by atoms with E-state index in [0.29, 0.717) is 12.0 Å². The van der Waals surface area contributed by atoms with Crippen molar-refractivity contribution in [2.75, 3.05) is 26.3 Å². The van der Waals surface area contributed by atoms with Crippen molar-refractivity contribution < 1.29 is 14.6 Å². The maximum absolute atomic E-state index is 10.6. The third kappa shape index (κ3) is 3.87. The van der Waals surface area contributed by atoms with E-state index in [1.165, 1.54) is 31.2 Å². The Morgan fingerprint density at radius 1 is 1.36 bits per heavy atom. The first-order valence-electron chi connectivity index (χ1n) is 8.19. The Morgan fingerprint density at radius 2 is 2.18 bits per heavy atom. The summed E-state index contributed by atoms with van der Waals surface area (Å²) >= 11 is 0. The molecular weight excluding hydrogens is 282 g/mol. The lowest BCUT2D eigenvalue weighted by Gasteiger charge is -2.45. The van der Waals surface area contributed by atoms with E-state index >= 15 is 0 Å². The number of carbonyl (C=O) groups is 1. The minimum Gasteiger partial charge on any atom is -0.481 e. The fraction of sp³-hybridized carbons (Fsp3) is 0.750. The van der Waals surface area contributed by atoms with Gasteiger partial charge < -0.3 is 9.84 Å². The molecule has 0 saturated carbocycles. The number of piperidine rings is 1. The third-order valence-electron chi connectivity index (χ3n) is 4.94. The van der Waals surface area contributed by atoms with Crippen LogP contribution in [0, 0.1) is 5.41 Å². The first-order valence-corrected chi connectivity index (χ1v) is 8.19. The Balaban J connectivity index is 1.55. The average molecular weight is 307 g/mol. The monoisotopic (exact) mass is 307 g/mol. The van der Waals surface area contributed by atoms with Crippen LogP contribution >= 0.6 is 0 Å². The van der Waals surface area contributed by atoms with Gasteiger partial charge >= 0.3 is 5.97 Å². The molecule has 0 atom stereocenters. The topological polar surface area (TPSA) is 67.6 Å². The summed E-state index contributed by atoms with van der Waals surface area (Å²) in [6, 6.07) is 0. The normalized spacial score (nSPS) is 22.0. The number of hydrogen-bond acceptors (Lipinski definition) is 4. The van der Waals surface area contributed by atoms with E-state index in [9.17, 15) is 4.79 Å². The summed E-state index contributed by atoms with van der Waals surface area (Å²) < 4.78 is 7.25. The highest BCUT2D eigenvalue weighted by Gasteiger charge is 2.36. The largest absolute Gasteiger partial charge is 0.481 e. The van der Waals surface area contributed by atoms with Gasteiger partial charge in [-0.25, -0.2) is 0 Å². The molecule has 1 aromatic heterocycles. The molecule has 3 heterocycles. The summed E-state index contributed by atoms with van der Waals surface area (Å²) in [6.07, 6.45) is 8.91. The molecule has 6 heteroatoms. The van der Waals surface area contributed by atoms with Gasteiger partial charge in [0.05, 0.1) is 19.2 Å². The Hall–Kier alpha value is -1.40. The van der Waals surface area contributed by atoms with E-state index in [2.05, 4.69) is 10.00 Å². The summed E-state index contributed by atoms with van der Waals surface area (Å²) in [5.74, 6) is -0.783. The van der Waals surface area contributed by atoms with Crippen LogP contribution in [0.2, 0.25) is 0 Å². The van der Waals surface area contributed by atoms with Crippen molar-refractivity contribution in [3.05, 3.63) is 18.0 Å². The van der Waals surface area contributed by atoms with Gasteiger partial charge in [-0.15, -0.1) is 0 Å². The number of likely N-dealkylation sites (tertiary alicyclic amines) is 1. The number of rotatable bonds is 5. The highest BCUT2D eigenvalue weighted by molar-refractivity contribution is 5.66. The lowest BCUT2D eigenvalue weighted by molar-refractivity contribution is -0.137. The van der Waals surface area contributed by atoms with Crippen molar-refractivity contribution in [2.24, 2.45) is 5.41 Å². The molecule has 22 heavy (non-hydrogen) atoms. The molecule has 2 fully saturated rings. The Kier molecular flexibility index (Phi) is 4.78. The molecule has 0 aliphatic carbocycles. The standard InChI is InChI=1S/C16H25N3O3/c20-15(21)2-7-19-12-14(10-17-19)11-18-6-1-3-16(13-18)4-8-22-9-5-16/h10,12H,1-9,11,13H2,(H,20,21). The van der Waals surface area contributed by atoms with Gasteiger partial charge in [0.15, 0.2) is 0 Å². The lowest BCUT2D eigenvalue weighted by atomic mass is 9.74. The molecule has 1 N–H and O–H groups in total. The second-order valence-corrected chi connectivity index (χ2v) is 6.68. The highest BCUT2D eigenvalue weighted by atomic mass is 16.5. The van der Waals surface area contributed by atoms with Gasteiger partial charge in [-0.2, -0.15) is 5.10 Å². The fourth-order valence-corrected chi connectivity index (χ4v) is 3.74. The Labute approximate surface area is 131 Å². The molecule has 1 aromatic rings. The fourth-order valence-electron chi connectivity index (χ4n) is 3.74. The van der Waals surface area contributed by atoms with Crippen LogP contribution in [0.25, 0.3) is 0 Å². The van der Waals surface area contributed by atoms with Crippen LogP contribution in [-0.2, 0) is 22.6 Å². The molecule has 1 spiro atoms.